The Hall–Kier alpha value is -1.72. The van der Waals surface area contributed by atoms with Crippen LogP contribution in [0.1, 0.15) is 31.2 Å². The van der Waals surface area contributed by atoms with Crippen LogP contribution in [-0.2, 0) is 16.1 Å². The van der Waals surface area contributed by atoms with E-state index >= 15 is 0 Å². The van der Waals surface area contributed by atoms with Crippen molar-refractivity contribution >= 4 is 5.91 Å². The summed E-state index contributed by atoms with van der Waals surface area (Å²) < 4.78 is 19.0. The first-order valence-corrected chi connectivity index (χ1v) is 9.47. The molecule has 0 bridgehead atoms. The second-order valence-corrected chi connectivity index (χ2v) is 6.97. The fourth-order valence-electron chi connectivity index (χ4n) is 3.41. The van der Waals surface area contributed by atoms with Gasteiger partial charge in [0.15, 0.2) is 0 Å². The highest BCUT2D eigenvalue weighted by molar-refractivity contribution is 5.76. The first-order valence-electron chi connectivity index (χ1n) is 9.47. The number of carbonyl (C=O) groups is 1. The number of rotatable bonds is 10. The fraction of sp³-hybridized carbons (Fsp3) is 0.571. The quantitative estimate of drug-likeness (QED) is 0.598. The molecule has 0 aromatic heterocycles. The second kappa shape index (κ2) is 11.1. The highest BCUT2D eigenvalue weighted by atomic mass is 19.1. The molecule has 144 valence electrons. The third-order valence-electron chi connectivity index (χ3n) is 5.02. The van der Waals surface area contributed by atoms with Crippen molar-refractivity contribution in [2.45, 2.75) is 32.2 Å². The molecule has 26 heavy (non-hydrogen) atoms. The van der Waals surface area contributed by atoms with Crippen LogP contribution in [0.15, 0.2) is 36.9 Å². The summed E-state index contributed by atoms with van der Waals surface area (Å²) >= 11 is 0. The van der Waals surface area contributed by atoms with E-state index in [0.29, 0.717) is 38.5 Å². The molecular formula is C21H31FN2O2. The lowest BCUT2D eigenvalue weighted by atomic mass is 9.95. The molecule has 5 heteroatoms. The molecule has 0 unspecified atom stereocenters. The van der Waals surface area contributed by atoms with Crippen molar-refractivity contribution in [2.24, 2.45) is 5.92 Å². The number of methoxy groups -OCH3 is 1. The van der Waals surface area contributed by atoms with Gasteiger partial charge in [-0.05, 0) is 44.3 Å². The van der Waals surface area contributed by atoms with Gasteiger partial charge in [-0.25, -0.2) is 4.39 Å². The van der Waals surface area contributed by atoms with Gasteiger partial charge >= 0.3 is 0 Å². The summed E-state index contributed by atoms with van der Waals surface area (Å²) in [4.78, 5) is 16.6. The van der Waals surface area contributed by atoms with Crippen molar-refractivity contribution in [3.05, 3.63) is 48.3 Å². The van der Waals surface area contributed by atoms with Crippen molar-refractivity contribution in [3.8, 4) is 0 Å². The number of benzene rings is 1. The van der Waals surface area contributed by atoms with Gasteiger partial charge in [-0.15, -0.1) is 6.58 Å². The van der Waals surface area contributed by atoms with Gasteiger partial charge in [0.25, 0.3) is 0 Å². The second-order valence-electron chi connectivity index (χ2n) is 6.97. The smallest absolute Gasteiger partial charge is 0.222 e. The van der Waals surface area contributed by atoms with Crippen molar-refractivity contribution in [1.82, 2.24) is 9.80 Å². The summed E-state index contributed by atoms with van der Waals surface area (Å²) in [6.45, 7) is 8.22. The molecule has 1 aromatic carbocycles. The molecule has 1 saturated heterocycles. The van der Waals surface area contributed by atoms with Gasteiger partial charge in [0.05, 0.1) is 6.61 Å². The van der Waals surface area contributed by atoms with Crippen LogP contribution >= 0.6 is 0 Å². The Balaban J connectivity index is 1.82. The van der Waals surface area contributed by atoms with E-state index in [1.807, 2.05) is 17.0 Å². The van der Waals surface area contributed by atoms with E-state index in [0.717, 1.165) is 38.0 Å². The molecule has 0 spiro atoms. The normalized spacial score (nSPS) is 15.8. The summed E-state index contributed by atoms with van der Waals surface area (Å²) in [5.74, 6) is 0.542. The summed E-state index contributed by atoms with van der Waals surface area (Å²) in [7, 11) is 1.66. The van der Waals surface area contributed by atoms with Crippen LogP contribution in [0.3, 0.4) is 0 Å². The van der Waals surface area contributed by atoms with E-state index in [-0.39, 0.29) is 11.7 Å². The number of nitrogens with zero attached hydrogens (tertiary/aromatic N) is 2. The lowest BCUT2D eigenvalue weighted by Gasteiger charge is -2.35. The minimum atomic E-state index is -0.131. The van der Waals surface area contributed by atoms with Gasteiger partial charge in [-0.3, -0.25) is 9.69 Å². The topological polar surface area (TPSA) is 32.8 Å². The molecule has 0 radical (unpaired) electrons. The van der Waals surface area contributed by atoms with E-state index < -0.39 is 0 Å². The minimum absolute atomic E-state index is 0.131. The van der Waals surface area contributed by atoms with E-state index in [1.165, 1.54) is 6.07 Å². The highest BCUT2D eigenvalue weighted by Gasteiger charge is 2.23. The molecule has 0 N–H and O–H groups in total. The number of amides is 1. The van der Waals surface area contributed by atoms with Crippen LogP contribution in [0.4, 0.5) is 4.39 Å². The maximum atomic E-state index is 13.8. The summed E-state index contributed by atoms with van der Waals surface area (Å²) in [5, 5.41) is 0. The van der Waals surface area contributed by atoms with Gasteiger partial charge in [0.2, 0.25) is 5.91 Å². The number of piperidine rings is 1. The summed E-state index contributed by atoms with van der Waals surface area (Å²) in [6, 6.07) is 6.98. The zero-order valence-electron chi connectivity index (χ0n) is 15.8. The number of hydrogen-bond acceptors (Lipinski definition) is 3. The molecule has 4 nitrogen and oxygen atoms in total. The maximum absolute atomic E-state index is 13.8. The van der Waals surface area contributed by atoms with Crippen molar-refractivity contribution in [3.63, 3.8) is 0 Å². The Labute approximate surface area is 156 Å². The number of hydrogen-bond donors (Lipinski definition) is 0. The van der Waals surface area contributed by atoms with Gasteiger partial charge in [0, 0.05) is 38.7 Å². The predicted molar refractivity (Wildman–Crippen MR) is 102 cm³/mol. The third kappa shape index (κ3) is 6.54. The average molecular weight is 362 g/mol. The molecule has 1 aliphatic heterocycles. The van der Waals surface area contributed by atoms with E-state index in [1.54, 1.807) is 19.3 Å². The van der Waals surface area contributed by atoms with Crippen LogP contribution in [0.25, 0.3) is 0 Å². The van der Waals surface area contributed by atoms with E-state index in [2.05, 4.69) is 11.5 Å². The SMILES string of the molecule is C=CCCC(=O)N(CCOC)CC1CCN(Cc2ccccc2F)CC1. The number of halogens is 1. The molecule has 1 aromatic rings. The van der Waals surface area contributed by atoms with Crippen molar-refractivity contribution < 1.29 is 13.9 Å². The standard InChI is InChI=1S/C21H31FN2O2/c1-3-4-9-21(25)24(14-15-26-2)16-18-10-12-23(13-11-18)17-19-7-5-6-8-20(19)22/h3,5-8,18H,1,4,9-17H2,2H3. The Morgan fingerprint density at radius 1 is 1.38 bits per heavy atom. The molecule has 0 aliphatic carbocycles. The van der Waals surface area contributed by atoms with Gasteiger partial charge in [-0.2, -0.15) is 0 Å². The lowest BCUT2D eigenvalue weighted by Crippen LogP contribution is -2.42. The monoisotopic (exact) mass is 362 g/mol. The molecule has 1 fully saturated rings. The van der Waals surface area contributed by atoms with Gasteiger partial charge in [-0.1, -0.05) is 24.3 Å². The van der Waals surface area contributed by atoms with E-state index in [9.17, 15) is 9.18 Å². The largest absolute Gasteiger partial charge is 0.383 e. The molecule has 0 saturated carbocycles. The molecule has 2 rings (SSSR count). The zero-order valence-corrected chi connectivity index (χ0v) is 15.8. The summed E-state index contributed by atoms with van der Waals surface area (Å²) in [5.41, 5.74) is 0.757. The van der Waals surface area contributed by atoms with Crippen LogP contribution in [0.2, 0.25) is 0 Å². The van der Waals surface area contributed by atoms with Crippen LogP contribution < -0.4 is 0 Å². The van der Waals surface area contributed by atoms with Gasteiger partial charge < -0.3 is 9.64 Å². The van der Waals surface area contributed by atoms with Gasteiger partial charge in [0.1, 0.15) is 5.82 Å². The van der Waals surface area contributed by atoms with Crippen LogP contribution in [0, 0.1) is 11.7 Å². The van der Waals surface area contributed by atoms with Crippen molar-refractivity contribution in [2.75, 3.05) is 39.9 Å². The number of allylic oxidation sites excluding steroid dienone is 1. The van der Waals surface area contributed by atoms with E-state index in [4.69, 9.17) is 4.74 Å². The van der Waals surface area contributed by atoms with Crippen molar-refractivity contribution in [1.29, 1.82) is 0 Å². The Morgan fingerprint density at radius 2 is 2.12 bits per heavy atom. The number of carbonyl (C=O) groups excluding carboxylic acids is 1. The lowest BCUT2D eigenvalue weighted by molar-refractivity contribution is -0.132. The number of likely N-dealkylation sites (tertiary alicyclic amines) is 1. The predicted octanol–water partition coefficient (Wildman–Crippen LogP) is 3.48. The fourth-order valence-corrected chi connectivity index (χ4v) is 3.41. The molecular weight excluding hydrogens is 331 g/mol. The molecule has 1 aliphatic rings. The third-order valence-corrected chi connectivity index (χ3v) is 5.02. The minimum Gasteiger partial charge on any atom is -0.383 e. The molecule has 0 atom stereocenters. The van der Waals surface area contributed by atoms with Crippen LogP contribution in [-0.4, -0.2) is 55.6 Å². The molecule has 1 heterocycles. The number of ether oxygens (including phenoxy) is 1. The Morgan fingerprint density at radius 3 is 2.77 bits per heavy atom. The first kappa shape index (κ1) is 20.6. The Bertz CT molecular complexity index is 571. The maximum Gasteiger partial charge on any atom is 0.222 e. The Kier molecular flexibility index (Phi) is 8.78. The zero-order chi connectivity index (χ0) is 18.8. The van der Waals surface area contributed by atoms with Crippen LogP contribution in [0.5, 0.6) is 0 Å². The first-order chi connectivity index (χ1) is 12.6. The molecule has 1 amide bonds. The highest BCUT2D eigenvalue weighted by Crippen LogP contribution is 2.21. The average Bonchev–Trinajstić information content (AvgIpc) is 2.66. The summed E-state index contributed by atoms with van der Waals surface area (Å²) in [6.07, 6.45) is 5.08.